The summed E-state index contributed by atoms with van der Waals surface area (Å²) < 4.78 is 13.7. The van der Waals surface area contributed by atoms with Crippen LogP contribution in [-0.4, -0.2) is 57.3 Å². The number of carbonyl (C=O) groups excluding carboxylic acids is 1. The van der Waals surface area contributed by atoms with Gasteiger partial charge in [-0.15, -0.1) is 11.8 Å². The van der Waals surface area contributed by atoms with Gasteiger partial charge in [0.2, 0.25) is 0 Å². The zero-order valence-electron chi connectivity index (χ0n) is 24.5. The average Bonchev–Trinajstić information content (AvgIpc) is 3.36. The summed E-state index contributed by atoms with van der Waals surface area (Å²) in [5.41, 5.74) is 10.0. The van der Waals surface area contributed by atoms with Crippen molar-refractivity contribution in [2.75, 3.05) is 19.3 Å². The number of nitrogens with two attached hydrogens (primary N) is 1. The molecule has 1 unspecified atom stereocenters. The number of ether oxygens (including phenoxy) is 2. The minimum Gasteiger partial charge on any atom is -0.484 e. The molecule has 1 fully saturated rings. The second kappa shape index (κ2) is 12.7. The smallest absolute Gasteiger partial charge is 0.410 e. The topological polar surface area (TPSA) is 118 Å². The number of benzene rings is 1. The van der Waals surface area contributed by atoms with Gasteiger partial charge in [0.15, 0.2) is 0 Å². The Balaban J connectivity index is 1.59. The summed E-state index contributed by atoms with van der Waals surface area (Å²) in [6, 6.07) is 12.3. The number of likely N-dealkylation sites (tertiary alicyclic amines) is 1. The molecular formula is C31H38N6O3S. The van der Waals surface area contributed by atoms with E-state index in [1.807, 2.05) is 65.3 Å². The van der Waals surface area contributed by atoms with Gasteiger partial charge in [0.05, 0.1) is 12.2 Å². The number of fused-ring (bicyclic) bond motifs is 1. The van der Waals surface area contributed by atoms with Crippen molar-refractivity contribution in [2.24, 2.45) is 10.7 Å². The van der Waals surface area contributed by atoms with Crippen LogP contribution in [0.25, 0.3) is 11.1 Å². The SMILES string of the molecule is CSc1ccccc1C(C)Oc1cc(/C(=C/N)C(C)=NC2CCN(C(=O)OC(C)(C)C)CC2)cn2ncc(C#N)c12. The maximum Gasteiger partial charge on any atom is 0.410 e. The van der Waals surface area contributed by atoms with E-state index in [1.54, 1.807) is 27.4 Å². The Labute approximate surface area is 246 Å². The van der Waals surface area contributed by atoms with Crippen LogP contribution in [0.4, 0.5) is 4.79 Å². The number of nitrogens with zero attached hydrogens (tertiary/aromatic N) is 5. The number of allylic oxidation sites excluding steroid dienone is 1. The van der Waals surface area contributed by atoms with Gasteiger partial charge >= 0.3 is 6.09 Å². The highest BCUT2D eigenvalue weighted by atomic mass is 32.2. The van der Waals surface area contributed by atoms with Gasteiger partial charge in [-0.05, 0) is 65.8 Å². The summed E-state index contributed by atoms with van der Waals surface area (Å²) in [6.45, 7) is 10.7. The Kier molecular flexibility index (Phi) is 9.28. The number of thioether (sulfide) groups is 1. The number of nitriles is 1. The molecule has 0 bridgehead atoms. The number of amides is 1. The first-order valence-corrected chi connectivity index (χ1v) is 14.9. The van der Waals surface area contributed by atoms with E-state index in [-0.39, 0.29) is 18.2 Å². The number of aromatic nitrogens is 2. The van der Waals surface area contributed by atoms with Crippen molar-refractivity contribution >= 4 is 34.7 Å². The third-order valence-electron chi connectivity index (χ3n) is 6.94. The Bertz CT molecular complexity index is 1510. The van der Waals surface area contributed by atoms with Crippen molar-refractivity contribution in [1.29, 1.82) is 5.26 Å². The summed E-state index contributed by atoms with van der Waals surface area (Å²) in [5.74, 6) is 0.540. The number of pyridine rings is 1. The number of carbonyl (C=O) groups is 1. The van der Waals surface area contributed by atoms with Gasteiger partial charge in [0.1, 0.15) is 34.6 Å². The maximum atomic E-state index is 12.4. The maximum absolute atomic E-state index is 12.4. The van der Waals surface area contributed by atoms with Crippen LogP contribution >= 0.6 is 11.8 Å². The predicted octanol–water partition coefficient (Wildman–Crippen LogP) is 6.23. The summed E-state index contributed by atoms with van der Waals surface area (Å²) in [6.07, 6.45) is 7.87. The summed E-state index contributed by atoms with van der Waals surface area (Å²) in [7, 11) is 0. The molecule has 0 spiro atoms. The fraction of sp³-hybridized carbons (Fsp3) is 0.419. The first-order valence-electron chi connectivity index (χ1n) is 13.7. The molecule has 1 saturated heterocycles. The normalized spacial score (nSPS) is 16.0. The van der Waals surface area contributed by atoms with Gasteiger partial charge in [-0.1, -0.05) is 18.2 Å². The Hall–Kier alpha value is -3.97. The van der Waals surface area contributed by atoms with Crippen molar-refractivity contribution in [3.05, 3.63) is 65.6 Å². The third kappa shape index (κ3) is 7.03. The predicted molar refractivity (Wildman–Crippen MR) is 163 cm³/mol. The van der Waals surface area contributed by atoms with E-state index in [9.17, 15) is 10.1 Å². The van der Waals surface area contributed by atoms with Crippen molar-refractivity contribution in [2.45, 2.75) is 70.1 Å². The molecule has 1 aliphatic rings. The fourth-order valence-corrected chi connectivity index (χ4v) is 5.62. The molecule has 1 aromatic carbocycles. The van der Waals surface area contributed by atoms with E-state index in [0.29, 0.717) is 29.9 Å². The van der Waals surface area contributed by atoms with Crippen LogP contribution in [0.15, 0.2) is 58.8 Å². The lowest BCUT2D eigenvalue weighted by Gasteiger charge is -2.32. The summed E-state index contributed by atoms with van der Waals surface area (Å²) in [5, 5.41) is 14.2. The summed E-state index contributed by atoms with van der Waals surface area (Å²) >= 11 is 1.66. The monoisotopic (exact) mass is 574 g/mol. The second-order valence-electron chi connectivity index (χ2n) is 11.1. The molecule has 0 aliphatic carbocycles. The van der Waals surface area contributed by atoms with E-state index < -0.39 is 5.60 Å². The highest BCUT2D eigenvalue weighted by Gasteiger charge is 2.27. The standard InChI is InChI=1S/C31H38N6O3S/c1-20(35-24-11-13-36(14-12-24)30(38)40-31(3,4)5)26(17-33)22-15-27(29-23(16-32)18-34-37(29)19-22)39-21(2)25-9-7-8-10-28(25)41-6/h7-10,15,17-19,21,24H,11-14,33H2,1-6H3/b26-17+,35-20?. The van der Waals surface area contributed by atoms with E-state index in [0.717, 1.165) is 40.1 Å². The Morgan fingerprint density at radius 3 is 2.63 bits per heavy atom. The average molecular weight is 575 g/mol. The third-order valence-corrected chi connectivity index (χ3v) is 7.75. The number of hydrogen-bond donors (Lipinski definition) is 1. The zero-order chi connectivity index (χ0) is 29.7. The van der Waals surface area contributed by atoms with Crippen molar-refractivity contribution in [3.63, 3.8) is 0 Å². The first kappa shape index (κ1) is 30.0. The van der Waals surface area contributed by atoms with Gasteiger partial charge in [-0.25, -0.2) is 9.31 Å². The lowest BCUT2D eigenvalue weighted by Crippen LogP contribution is -2.42. The van der Waals surface area contributed by atoms with Crippen molar-refractivity contribution in [1.82, 2.24) is 14.5 Å². The number of hydrogen-bond acceptors (Lipinski definition) is 8. The van der Waals surface area contributed by atoms with Gasteiger partial charge in [-0.2, -0.15) is 10.4 Å². The minimum atomic E-state index is -0.522. The van der Waals surface area contributed by atoms with Crippen LogP contribution < -0.4 is 10.5 Å². The highest BCUT2D eigenvalue weighted by Crippen LogP contribution is 2.34. The van der Waals surface area contributed by atoms with Crippen LogP contribution in [-0.2, 0) is 4.74 Å². The van der Waals surface area contributed by atoms with E-state index >= 15 is 0 Å². The first-order chi connectivity index (χ1) is 19.5. The molecule has 3 aromatic rings. The van der Waals surface area contributed by atoms with Gasteiger partial charge in [-0.3, -0.25) is 4.99 Å². The number of rotatable bonds is 7. The molecular weight excluding hydrogens is 536 g/mol. The Morgan fingerprint density at radius 1 is 1.29 bits per heavy atom. The molecule has 2 N–H and O–H groups in total. The number of piperidine rings is 1. The van der Waals surface area contributed by atoms with E-state index in [2.05, 4.69) is 23.3 Å². The molecule has 1 amide bonds. The highest BCUT2D eigenvalue weighted by molar-refractivity contribution is 7.98. The van der Waals surface area contributed by atoms with Crippen LogP contribution in [0.5, 0.6) is 5.75 Å². The molecule has 2 aromatic heterocycles. The van der Waals surface area contributed by atoms with Crippen LogP contribution in [0.1, 0.15) is 70.3 Å². The van der Waals surface area contributed by atoms with Gasteiger partial charge < -0.3 is 20.1 Å². The van der Waals surface area contributed by atoms with Gasteiger partial charge in [0, 0.05) is 52.8 Å². The molecule has 10 heteroatoms. The molecule has 0 radical (unpaired) electrons. The molecule has 216 valence electrons. The molecule has 0 saturated carbocycles. The lowest BCUT2D eigenvalue weighted by molar-refractivity contribution is 0.0207. The van der Waals surface area contributed by atoms with Crippen LogP contribution in [0.3, 0.4) is 0 Å². The lowest BCUT2D eigenvalue weighted by atomic mass is 10.0. The van der Waals surface area contributed by atoms with Crippen LogP contribution in [0.2, 0.25) is 0 Å². The quantitative estimate of drug-likeness (QED) is 0.263. The molecule has 1 atom stereocenters. The van der Waals surface area contributed by atoms with Crippen molar-refractivity contribution < 1.29 is 14.3 Å². The molecule has 4 rings (SSSR count). The largest absolute Gasteiger partial charge is 0.484 e. The number of aliphatic imine (C=N–C) groups is 1. The molecule has 1 aliphatic heterocycles. The van der Waals surface area contributed by atoms with Crippen LogP contribution in [0, 0.1) is 11.3 Å². The molecule has 9 nitrogen and oxygen atoms in total. The Morgan fingerprint density at radius 2 is 2.00 bits per heavy atom. The molecule has 3 heterocycles. The van der Waals surface area contributed by atoms with E-state index in [4.69, 9.17) is 20.2 Å². The zero-order valence-corrected chi connectivity index (χ0v) is 25.4. The summed E-state index contributed by atoms with van der Waals surface area (Å²) in [4.78, 5) is 20.3. The van der Waals surface area contributed by atoms with Crippen molar-refractivity contribution in [3.8, 4) is 11.8 Å². The fourth-order valence-electron chi connectivity index (χ4n) is 4.93. The second-order valence-corrected chi connectivity index (χ2v) is 11.9. The minimum absolute atomic E-state index is 0.0565. The van der Waals surface area contributed by atoms with Gasteiger partial charge in [0.25, 0.3) is 0 Å². The van der Waals surface area contributed by atoms with E-state index in [1.165, 1.54) is 6.20 Å². The molecule has 41 heavy (non-hydrogen) atoms.